The molecule has 1 saturated heterocycles. The molecule has 2 aromatic carbocycles. The van der Waals surface area contributed by atoms with Gasteiger partial charge < -0.3 is 20.1 Å². The minimum Gasteiger partial charge on any atom is -0.497 e. The number of urea groups is 1. The highest BCUT2D eigenvalue weighted by atomic mass is 16.5. The summed E-state index contributed by atoms with van der Waals surface area (Å²) in [6.45, 7) is 4.06. The largest absolute Gasteiger partial charge is 0.497 e. The van der Waals surface area contributed by atoms with Crippen LogP contribution in [0, 0.1) is 5.92 Å². The van der Waals surface area contributed by atoms with Crippen LogP contribution in [0.1, 0.15) is 38.3 Å². The number of nitrogens with one attached hydrogen (secondary N) is 2. The highest BCUT2D eigenvalue weighted by Gasteiger charge is 2.39. The number of hydrogen-bond acceptors (Lipinski definition) is 5. The molecule has 2 atom stereocenters. The van der Waals surface area contributed by atoms with Crippen LogP contribution < -0.4 is 25.0 Å². The lowest BCUT2D eigenvalue weighted by Gasteiger charge is -2.23. The Morgan fingerprint density at radius 1 is 1.00 bits per heavy atom. The summed E-state index contributed by atoms with van der Waals surface area (Å²) in [7, 11) is 3.15. The average molecular weight is 440 g/mol. The van der Waals surface area contributed by atoms with Crippen LogP contribution in [-0.2, 0) is 9.59 Å². The molecule has 0 saturated carbocycles. The first-order valence-corrected chi connectivity index (χ1v) is 10.6. The standard InChI is InChI=1S/C24H29N3O5/c1-15(2)22(16-5-9-18(31-3)10-6-16)26-21(28)14-13-20-23(29)27(24(30)25-20)17-7-11-19(32-4)12-8-17/h5-12,15,20,22H,13-14H2,1-4H3,(H,25,30)(H,26,28). The van der Waals surface area contributed by atoms with Gasteiger partial charge in [-0.05, 0) is 54.3 Å². The molecule has 170 valence electrons. The minimum atomic E-state index is -0.742. The van der Waals surface area contributed by atoms with E-state index >= 15 is 0 Å². The number of rotatable bonds is 9. The summed E-state index contributed by atoms with van der Waals surface area (Å²) in [5, 5.41) is 5.71. The first kappa shape index (κ1) is 23.1. The second-order valence-electron chi connectivity index (χ2n) is 7.97. The Morgan fingerprint density at radius 3 is 2.09 bits per heavy atom. The Labute approximate surface area is 187 Å². The van der Waals surface area contributed by atoms with E-state index in [0.29, 0.717) is 11.4 Å². The van der Waals surface area contributed by atoms with E-state index in [0.717, 1.165) is 16.2 Å². The van der Waals surface area contributed by atoms with Gasteiger partial charge in [0.05, 0.1) is 25.9 Å². The number of carbonyl (C=O) groups is 3. The maximum Gasteiger partial charge on any atom is 0.329 e. The summed E-state index contributed by atoms with van der Waals surface area (Å²) in [5.74, 6) is 1.00. The van der Waals surface area contributed by atoms with Gasteiger partial charge in [-0.1, -0.05) is 26.0 Å². The van der Waals surface area contributed by atoms with Gasteiger partial charge >= 0.3 is 6.03 Å². The number of methoxy groups -OCH3 is 2. The van der Waals surface area contributed by atoms with Crippen LogP contribution >= 0.6 is 0 Å². The molecule has 32 heavy (non-hydrogen) atoms. The van der Waals surface area contributed by atoms with Gasteiger partial charge in [0.15, 0.2) is 0 Å². The molecule has 8 nitrogen and oxygen atoms in total. The molecule has 0 radical (unpaired) electrons. The molecular weight excluding hydrogens is 410 g/mol. The van der Waals surface area contributed by atoms with Gasteiger partial charge in [0.1, 0.15) is 17.5 Å². The fraction of sp³-hybridized carbons (Fsp3) is 0.375. The lowest BCUT2D eigenvalue weighted by molar-refractivity contribution is -0.122. The molecule has 1 aliphatic heterocycles. The van der Waals surface area contributed by atoms with Crippen molar-refractivity contribution in [2.45, 2.75) is 38.8 Å². The molecule has 0 spiro atoms. The van der Waals surface area contributed by atoms with Gasteiger partial charge in [-0.25, -0.2) is 9.69 Å². The lowest BCUT2D eigenvalue weighted by atomic mass is 9.95. The number of amides is 4. The number of hydrogen-bond donors (Lipinski definition) is 2. The van der Waals surface area contributed by atoms with Crippen molar-refractivity contribution < 1.29 is 23.9 Å². The van der Waals surface area contributed by atoms with E-state index in [4.69, 9.17) is 9.47 Å². The topological polar surface area (TPSA) is 97.0 Å². The number of anilines is 1. The fourth-order valence-electron chi connectivity index (χ4n) is 3.67. The van der Waals surface area contributed by atoms with Gasteiger partial charge in [0, 0.05) is 6.42 Å². The number of imide groups is 1. The van der Waals surface area contributed by atoms with Gasteiger partial charge in [0.25, 0.3) is 5.91 Å². The van der Waals surface area contributed by atoms with E-state index in [2.05, 4.69) is 10.6 Å². The van der Waals surface area contributed by atoms with Crippen molar-refractivity contribution in [3.05, 3.63) is 54.1 Å². The molecule has 0 aromatic heterocycles. The van der Waals surface area contributed by atoms with Crippen LogP contribution in [-0.4, -0.2) is 38.1 Å². The van der Waals surface area contributed by atoms with Crippen LogP contribution in [0.2, 0.25) is 0 Å². The minimum absolute atomic E-state index is 0.118. The number of benzene rings is 2. The summed E-state index contributed by atoms with van der Waals surface area (Å²) < 4.78 is 10.3. The number of ether oxygens (including phenoxy) is 2. The molecule has 0 bridgehead atoms. The molecule has 2 unspecified atom stereocenters. The van der Waals surface area contributed by atoms with E-state index in [1.807, 2.05) is 38.1 Å². The van der Waals surface area contributed by atoms with E-state index < -0.39 is 12.1 Å². The predicted octanol–water partition coefficient (Wildman–Crippen LogP) is 3.42. The van der Waals surface area contributed by atoms with Crippen molar-refractivity contribution >= 4 is 23.5 Å². The summed E-state index contributed by atoms with van der Waals surface area (Å²) in [5.41, 5.74) is 1.43. The summed E-state index contributed by atoms with van der Waals surface area (Å²) in [6.07, 6.45) is 0.336. The Kier molecular flexibility index (Phi) is 7.35. The zero-order chi connectivity index (χ0) is 23.3. The Hall–Kier alpha value is -3.55. The zero-order valence-corrected chi connectivity index (χ0v) is 18.8. The van der Waals surface area contributed by atoms with E-state index in [9.17, 15) is 14.4 Å². The summed E-state index contributed by atoms with van der Waals surface area (Å²) in [4.78, 5) is 38.8. The fourth-order valence-corrected chi connectivity index (χ4v) is 3.67. The van der Waals surface area contributed by atoms with Crippen molar-refractivity contribution in [2.24, 2.45) is 5.92 Å². The first-order chi connectivity index (χ1) is 15.3. The van der Waals surface area contributed by atoms with Crippen LogP contribution in [0.3, 0.4) is 0 Å². The highest BCUT2D eigenvalue weighted by molar-refractivity contribution is 6.21. The third kappa shape index (κ3) is 5.19. The lowest BCUT2D eigenvalue weighted by Crippen LogP contribution is -2.35. The highest BCUT2D eigenvalue weighted by Crippen LogP contribution is 2.26. The molecule has 1 fully saturated rings. The van der Waals surface area contributed by atoms with Gasteiger partial charge in [-0.3, -0.25) is 9.59 Å². The van der Waals surface area contributed by atoms with Crippen LogP contribution in [0.25, 0.3) is 0 Å². The van der Waals surface area contributed by atoms with Crippen molar-refractivity contribution in [1.82, 2.24) is 10.6 Å². The normalized spacial score (nSPS) is 16.7. The zero-order valence-electron chi connectivity index (χ0n) is 18.8. The van der Waals surface area contributed by atoms with Crippen LogP contribution in [0.5, 0.6) is 11.5 Å². The van der Waals surface area contributed by atoms with Crippen molar-refractivity contribution in [3.63, 3.8) is 0 Å². The molecule has 1 aliphatic rings. The SMILES string of the molecule is COc1ccc(C(NC(=O)CCC2NC(=O)N(c3ccc(OC)cc3)C2=O)C(C)C)cc1. The first-order valence-electron chi connectivity index (χ1n) is 10.6. The molecule has 1 heterocycles. The van der Waals surface area contributed by atoms with Gasteiger partial charge in [-0.15, -0.1) is 0 Å². The number of nitrogens with zero attached hydrogens (tertiary/aromatic N) is 1. The number of carbonyl (C=O) groups excluding carboxylic acids is 3. The quantitative estimate of drug-likeness (QED) is 0.584. The van der Waals surface area contributed by atoms with Gasteiger partial charge in [-0.2, -0.15) is 0 Å². The maximum absolute atomic E-state index is 12.8. The van der Waals surface area contributed by atoms with E-state index in [1.165, 1.54) is 0 Å². The molecule has 2 aromatic rings. The molecule has 8 heteroatoms. The second kappa shape index (κ2) is 10.2. The predicted molar refractivity (Wildman–Crippen MR) is 121 cm³/mol. The molecular formula is C24H29N3O5. The third-order valence-corrected chi connectivity index (χ3v) is 5.47. The Balaban J connectivity index is 1.59. The average Bonchev–Trinajstić information content (AvgIpc) is 3.09. The van der Waals surface area contributed by atoms with Crippen LogP contribution in [0.4, 0.5) is 10.5 Å². The molecule has 0 aliphatic carbocycles. The van der Waals surface area contributed by atoms with E-state index in [1.54, 1.807) is 38.5 Å². The second-order valence-corrected chi connectivity index (χ2v) is 7.97. The monoisotopic (exact) mass is 439 g/mol. The molecule has 4 amide bonds. The van der Waals surface area contributed by atoms with Gasteiger partial charge in [0.2, 0.25) is 5.91 Å². The van der Waals surface area contributed by atoms with Crippen molar-refractivity contribution in [1.29, 1.82) is 0 Å². The van der Waals surface area contributed by atoms with Crippen molar-refractivity contribution in [2.75, 3.05) is 19.1 Å². The van der Waals surface area contributed by atoms with Crippen LogP contribution in [0.15, 0.2) is 48.5 Å². The van der Waals surface area contributed by atoms with E-state index in [-0.39, 0.29) is 36.6 Å². The Bertz CT molecular complexity index is 957. The summed E-state index contributed by atoms with van der Waals surface area (Å²) in [6, 6.07) is 12.8. The molecule has 3 rings (SSSR count). The Morgan fingerprint density at radius 2 is 1.56 bits per heavy atom. The maximum atomic E-state index is 12.8. The third-order valence-electron chi connectivity index (χ3n) is 5.47. The smallest absolute Gasteiger partial charge is 0.329 e. The summed E-state index contributed by atoms with van der Waals surface area (Å²) >= 11 is 0. The molecule has 2 N–H and O–H groups in total. The van der Waals surface area contributed by atoms with Crippen molar-refractivity contribution in [3.8, 4) is 11.5 Å².